The highest BCUT2D eigenvalue weighted by molar-refractivity contribution is 7.10. The number of carbonyl (C=O) groups excluding carboxylic acids is 1. The van der Waals surface area contributed by atoms with Crippen LogP contribution >= 0.6 is 30.5 Å². The lowest BCUT2D eigenvalue weighted by Gasteiger charge is -2.46. The Hall–Kier alpha value is 0.280. The van der Waals surface area contributed by atoms with Gasteiger partial charge in [0.05, 0.1) is 19.3 Å². The molecule has 2 aliphatic carbocycles. The SMILES string of the molecule is CCC1(C(CC=C[C@H]2C(OP)CC(Cl)[C@@H]2CCCCCCC(=O)OC)OP)CCC1. The Kier molecular flexibility index (Phi) is 12.2. The Morgan fingerprint density at radius 2 is 1.97 bits per heavy atom. The highest BCUT2D eigenvalue weighted by atomic mass is 35.5. The molecule has 30 heavy (non-hydrogen) atoms. The summed E-state index contributed by atoms with van der Waals surface area (Å²) >= 11 is 6.73. The molecule has 0 aliphatic heterocycles. The van der Waals surface area contributed by atoms with E-state index in [1.165, 1.54) is 32.8 Å². The van der Waals surface area contributed by atoms with Crippen molar-refractivity contribution in [2.45, 2.75) is 102 Å². The molecule has 0 spiro atoms. The molecule has 0 bridgehead atoms. The minimum absolute atomic E-state index is 0.114. The van der Waals surface area contributed by atoms with E-state index in [-0.39, 0.29) is 23.6 Å². The van der Waals surface area contributed by atoms with Crippen LogP contribution in [0.4, 0.5) is 0 Å². The van der Waals surface area contributed by atoms with Crippen molar-refractivity contribution in [2.75, 3.05) is 7.11 Å². The van der Waals surface area contributed by atoms with Crippen molar-refractivity contribution in [1.82, 2.24) is 0 Å². The van der Waals surface area contributed by atoms with Gasteiger partial charge in [-0.3, -0.25) is 4.79 Å². The maximum Gasteiger partial charge on any atom is 0.305 e. The van der Waals surface area contributed by atoms with Crippen molar-refractivity contribution in [3.05, 3.63) is 12.2 Å². The number of rotatable bonds is 14. The normalized spacial score (nSPS) is 29.1. The minimum Gasteiger partial charge on any atom is -0.469 e. The average Bonchev–Trinajstić information content (AvgIpc) is 3.03. The molecule has 7 heteroatoms. The lowest BCUT2D eigenvalue weighted by molar-refractivity contribution is -0.140. The van der Waals surface area contributed by atoms with Gasteiger partial charge in [-0.25, -0.2) is 0 Å². The quantitative estimate of drug-likeness (QED) is 0.0924. The molecule has 0 saturated heterocycles. The Morgan fingerprint density at radius 3 is 2.53 bits per heavy atom. The van der Waals surface area contributed by atoms with Gasteiger partial charge >= 0.3 is 5.97 Å². The number of carbonyl (C=O) groups is 1. The molecule has 5 unspecified atom stereocenters. The average molecular weight is 479 g/mol. The summed E-state index contributed by atoms with van der Waals surface area (Å²) in [7, 11) is 6.38. The number of unbranched alkanes of at least 4 members (excludes halogenated alkanes) is 3. The van der Waals surface area contributed by atoms with Crippen LogP contribution in [0, 0.1) is 17.3 Å². The zero-order valence-electron chi connectivity index (χ0n) is 18.7. The van der Waals surface area contributed by atoms with E-state index < -0.39 is 0 Å². The van der Waals surface area contributed by atoms with E-state index in [1.54, 1.807) is 0 Å². The van der Waals surface area contributed by atoms with Crippen molar-refractivity contribution in [3.63, 3.8) is 0 Å². The molecule has 174 valence electrons. The maximum atomic E-state index is 11.2. The largest absolute Gasteiger partial charge is 0.469 e. The third-order valence-corrected chi connectivity index (χ3v) is 8.71. The fourth-order valence-corrected chi connectivity index (χ4v) is 6.47. The smallest absolute Gasteiger partial charge is 0.305 e. The molecule has 0 radical (unpaired) electrons. The molecule has 0 aromatic rings. The van der Waals surface area contributed by atoms with Crippen molar-refractivity contribution >= 4 is 36.5 Å². The second-order valence-corrected chi connectivity index (χ2v) is 10.2. The molecule has 0 heterocycles. The third-order valence-electron chi connectivity index (χ3n) is 7.53. The van der Waals surface area contributed by atoms with Crippen LogP contribution in [0.5, 0.6) is 0 Å². The lowest BCUT2D eigenvalue weighted by atomic mass is 9.63. The van der Waals surface area contributed by atoms with Gasteiger partial charge in [0.15, 0.2) is 0 Å². The fraction of sp³-hybridized carbons (Fsp3) is 0.870. The second kappa shape index (κ2) is 13.7. The zero-order valence-corrected chi connectivity index (χ0v) is 21.8. The van der Waals surface area contributed by atoms with Crippen LogP contribution in [0.15, 0.2) is 12.2 Å². The number of ether oxygens (including phenoxy) is 1. The van der Waals surface area contributed by atoms with Crippen LogP contribution in [0.25, 0.3) is 0 Å². The molecular weight excluding hydrogens is 438 g/mol. The summed E-state index contributed by atoms with van der Waals surface area (Å²) in [6.45, 7) is 2.29. The van der Waals surface area contributed by atoms with Crippen molar-refractivity contribution in [3.8, 4) is 0 Å². The Morgan fingerprint density at radius 1 is 1.23 bits per heavy atom. The van der Waals surface area contributed by atoms with E-state index in [0.29, 0.717) is 23.7 Å². The second-order valence-electron chi connectivity index (χ2n) is 9.05. The topological polar surface area (TPSA) is 44.8 Å². The van der Waals surface area contributed by atoms with Gasteiger partial charge in [-0.15, -0.1) is 11.6 Å². The number of halogens is 1. The van der Waals surface area contributed by atoms with E-state index in [4.69, 9.17) is 25.4 Å². The first-order valence-corrected chi connectivity index (χ1v) is 13.0. The maximum absolute atomic E-state index is 11.2. The number of hydrogen-bond donors (Lipinski definition) is 0. The summed E-state index contributed by atoms with van der Waals surface area (Å²) in [5.74, 6) is 0.675. The molecule has 0 aromatic heterocycles. The van der Waals surface area contributed by atoms with E-state index in [9.17, 15) is 4.79 Å². The minimum atomic E-state index is -0.114. The van der Waals surface area contributed by atoms with Gasteiger partial charge in [0.25, 0.3) is 0 Å². The van der Waals surface area contributed by atoms with Crippen LogP contribution in [0.1, 0.15) is 84.0 Å². The van der Waals surface area contributed by atoms with Gasteiger partial charge in [0.2, 0.25) is 0 Å². The summed E-state index contributed by atoms with van der Waals surface area (Å²) in [4.78, 5) is 11.2. The van der Waals surface area contributed by atoms with Crippen LogP contribution < -0.4 is 0 Å². The molecule has 2 rings (SSSR count). The van der Waals surface area contributed by atoms with Gasteiger partial charge in [0.1, 0.15) is 0 Å². The van der Waals surface area contributed by atoms with Crippen molar-refractivity contribution < 1.29 is 18.6 Å². The first kappa shape index (κ1) is 26.5. The molecule has 0 aromatic carbocycles. The molecule has 0 amide bonds. The van der Waals surface area contributed by atoms with E-state index in [1.807, 2.05) is 0 Å². The molecule has 7 atom stereocenters. The summed E-state index contributed by atoms with van der Waals surface area (Å²) in [5.41, 5.74) is 0.358. The molecule has 4 nitrogen and oxygen atoms in total. The van der Waals surface area contributed by atoms with Crippen molar-refractivity contribution in [1.29, 1.82) is 0 Å². The molecular formula is C23H41ClO4P2. The summed E-state index contributed by atoms with van der Waals surface area (Å²) in [6.07, 6.45) is 17.8. The van der Waals surface area contributed by atoms with Gasteiger partial charge < -0.3 is 13.8 Å². The molecule has 2 saturated carbocycles. The number of hydrogen-bond acceptors (Lipinski definition) is 4. The van der Waals surface area contributed by atoms with E-state index >= 15 is 0 Å². The Balaban J connectivity index is 1.84. The van der Waals surface area contributed by atoms with Crippen LogP contribution in [-0.2, 0) is 18.6 Å². The van der Waals surface area contributed by atoms with E-state index in [0.717, 1.165) is 44.9 Å². The van der Waals surface area contributed by atoms with E-state index in [2.05, 4.69) is 38.0 Å². The first-order chi connectivity index (χ1) is 14.5. The van der Waals surface area contributed by atoms with Crippen LogP contribution in [0.3, 0.4) is 0 Å². The van der Waals surface area contributed by atoms with Gasteiger partial charge in [-0.1, -0.05) is 44.8 Å². The highest BCUT2D eigenvalue weighted by Gasteiger charge is 2.43. The Labute approximate surface area is 193 Å². The van der Waals surface area contributed by atoms with Crippen LogP contribution in [0.2, 0.25) is 0 Å². The number of esters is 1. The molecule has 2 aliphatic rings. The monoisotopic (exact) mass is 478 g/mol. The van der Waals surface area contributed by atoms with Gasteiger partial charge in [-0.2, -0.15) is 0 Å². The van der Waals surface area contributed by atoms with Crippen molar-refractivity contribution in [2.24, 2.45) is 17.3 Å². The first-order valence-electron chi connectivity index (χ1n) is 11.6. The summed E-state index contributed by atoms with van der Waals surface area (Å²) in [6, 6.07) is 0. The highest BCUT2D eigenvalue weighted by Crippen LogP contribution is 2.49. The summed E-state index contributed by atoms with van der Waals surface area (Å²) in [5, 5.41) is 0.155. The number of alkyl halides is 1. The molecule has 2 fully saturated rings. The molecule has 0 N–H and O–H groups in total. The predicted octanol–water partition coefficient (Wildman–Crippen LogP) is 6.62. The lowest BCUT2D eigenvalue weighted by Crippen LogP contribution is -2.40. The van der Waals surface area contributed by atoms with Gasteiger partial charge in [-0.05, 0) is 56.3 Å². The van der Waals surface area contributed by atoms with Gasteiger partial charge in [0, 0.05) is 36.6 Å². The summed E-state index contributed by atoms with van der Waals surface area (Å²) < 4.78 is 16.2. The fourth-order valence-electron chi connectivity index (χ4n) is 5.31. The Bertz CT molecular complexity index is 536. The van der Waals surface area contributed by atoms with Crippen LogP contribution in [-0.4, -0.2) is 30.7 Å². The zero-order chi connectivity index (χ0) is 22.0. The standard InChI is InChI=1S/C23H41ClO4P2/c1-3-23(14-9-15-23)21(28-30)12-8-11-18-17(19(24)16-20(18)27-29)10-6-4-5-7-13-22(25)26-2/h8,11,17-21H,3-7,9-10,12-16,29-30H2,1-2H3/t17-,18-,19?,20?,21?/m1/s1. The number of methoxy groups -OCH3 is 1. The third kappa shape index (κ3) is 7.14. The predicted molar refractivity (Wildman–Crippen MR) is 130 cm³/mol.